The lowest BCUT2D eigenvalue weighted by atomic mass is 9.99. The number of aryl methyl sites for hydroxylation is 1. The molecule has 7 heteroatoms. The van der Waals surface area contributed by atoms with Crippen molar-refractivity contribution in [1.82, 2.24) is 24.6 Å². The standard InChI is InChI=1S/C24H23N5O2/c1-15-20-21(16-7-8-16)28(19-13-27(14-19)23(30)17-9-11-25-12-10-17)24(31)22(20)29(26-15)18-5-3-2-4-6-18/h2-6,9-12,16,19,21H,7-8,13-14H2,1H3. The Labute approximate surface area is 180 Å². The SMILES string of the molecule is Cc1nn(-c2ccccc2)c2c1C(C1CC1)N(C1CN(C(=O)c3ccncc3)C1)C2=O. The highest BCUT2D eigenvalue weighted by molar-refractivity contribution is 5.99. The number of pyridine rings is 1. The third-order valence-corrected chi connectivity index (χ3v) is 6.68. The van der Waals surface area contributed by atoms with E-state index in [2.05, 4.69) is 4.98 Å². The van der Waals surface area contributed by atoms with E-state index in [9.17, 15) is 9.59 Å². The number of likely N-dealkylation sites (tertiary alicyclic amines) is 1. The first kappa shape index (κ1) is 18.3. The first-order valence-electron chi connectivity index (χ1n) is 10.8. The molecule has 156 valence electrons. The molecule has 3 aliphatic rings. The van der Waals surface area contributed by atoms with Crippen LogP contribution in [0, 0.1) is 12.8 Å². The fourth-order valence-corrected chi connectivity index (χ4v) is 4.98. The summed E-state index contributed by atoms with van der Waals surface area (Å²) in [5.41, 5.74) is 4.24. The summed E-state index contributed by atoms with van der Waals surface area (Å²) in [4.78, 5) is 34.3. The van der Waals surface area contributed by atoms with E-state index < -0.39 is 0 Å². The van der Waals surface area contributed by atoms with E-state index in [1.165, 1.54) is 0 Å². The zero-order valence-electron chi connectivity index (χ0n) is 17.3. The number of benzene rings is 1. The number of hydrogen-bond acceptors (Lipinski definition) is 4. The molecule has 2 fully saturated rings. The van der Waals surface area contributed by atoms with Crippen molar-refractivity contribution in [1.29, 1.82) is 0 Å². The van der Waals surface area contributed by atoms with Gasteiger partial charge >= 0.3 is 0 Å². The Morgan fingerprint density at radius 2 is 1.74 bits per heavy atom. The van der Waals surface area contributed by atoms with Crippen molar-refractivity contribution in [3.05, 3.63) is 77.4 Å². The maximum absolute atomic E-state index is 13.7. The molecule has 7 nitrogen and oxygen atoms in total. The summed E-state index contributed by atoms with van der Waals surface area (Å²) in [5, 5.41) is 4.73. The van der Waals surface area contributed by atoms with E-state index in [4.69, 9.17) is 5.10 Å². The van der Waals surface area contributed by atoms with Crippen LogP contribution >= 0.6 is 0 Å². The quantitative estimate of drug-likeness (QED) is 0.659. The molecule has 0 radical (unpaired) electrons. The van der Waals surface area contributed by atoms with E-state index in [-0.39, 0.29) is 23.9 Å². The lowest BCUT2D eigenvalue weighted by molar-refractivity contribution is 0.0115. The van der Waals surface area contributed by atoms with Gasteiger partial charge in [-0.15, -0.1) is 0 Å². The molecule has 2 aliphatic heterocycles. The Balaban J connectivity index is 1.30. The minimum absolute atomic E-state index is 0.00239. The van der Waals surface area contributed by atoms with Gasteiger partial charge in [0.25, 0.3) is 11.8 Å². The van der Waals surface area contributed by atoms with Crippen molar-refractivity contribution < 1.29 is 9.59 Å². The van der Waals surface area contributed by atoms with Crippen LogP contribution in [-0.4, -0.2) is 55.5 Å². The molecule has 1 aliphatic carbocycles. The lowest BCUT2D eigenvalue weighted by Gasteiger charge is -2.46. The summed E-state index contributed by atoms with van der Waals surface area (Å²) >= 11 is 0. The number of nitrogens with zero attached hydrogens (tertiary/aromatic N) is 5. The van der Waals surface area contributed by atoms with Crippen LogP contribution in [-0.2, 0) is 0 Å². The molecule has 1 aromatic carbocycles. The van der Waals surface area contributed by atoms with Crippen LogP contribution in [0.5, 0.6) is 0 Å². The van der Waals surface area contributed by atoms with Gasteiger partial charge in [-0.25, -0.2) is 4.68 Å². The molecular weight excluding hydrogens is 390 g/mol. The summed E-state index contributed by atoms with van der Waals surface area (Å²) < 4.78 is 1.81. The first-order valence-corrected chi connectivity index (χ1v) is 10.8. The molecule has 0 bridgehead atoms. The van der Waals surface area contributed by atoms with Gasteiger partial charge in [-0.2, -0.15) is 5.10 Å². The van der Waals surface area contributed by atoms with Crippen LogP contribution in [0.4, 0.5) is 0 Å². The molecule has 6 rings (SSSR count). The highest BCUT2D eigenvalue weighted by atomic mass is 16.2. The maximum Gasteiger partial charge on any atom is 0.273 e. The number of rotatable bonds is 4. The first-order chi connectivity index (χ1) is 15.1. The topological polar surface area (TPSA) is 71.3 Å². The van der Waals surface area contributed by atoms with Gasteiger partial charge in [0.15, 0.2) is 0 Å². The van der Waals surface area contributed by atoms with Crippen molar-refractivity contribution >= 4 is 11.8 Å². The predicted molar refractivity (Wildman–Crippen MR) is 114 cm³/mol. The fraction of sp³-hybridized carbons (Fsp3) is 0.333. The van der Waals surface area contributed by atoms with Crippen LogP contribution in [0.1, 0.15) is 51.0 Å². The predicted octanol–water partition coefficient (Wildman–Crippen LogP) is 3.01. The van der Waals surface area contributed by atoms with Crippen LogP contribution in [0.3, 0.4) is 0 Å². The number of para-hydroxylation sites is 1. The number of carbonyl (C=O) groups is 2. The Bertz CT molecular complexity index is 1160. The van der Waals surface area contributed by atoms with E-state index >= 15 is 0 Å². The number of amides is 2. The molecule has 2 amide bonds. The van der Waals surface area contributed by atoms with Gasteiger partial charge in [-0.05, 0) is 49.9 Å². The highest BCUT2D eigenvalue weighted by Crippen LogP contribution is 2.52. The molecule has 31 heavy (non-hydrogen) atoms. The highest BCUT2D eigenvalue weighted by Gasteiger charge is 2.53. The Kier molecular flexibility index (Phi) is 4.00. The van der Waals surface area contributed by atoms with Gasteiger partial charge in [0.05, 0.1) is 23.5 Å². The maximum atomic E-state index is 13.7. The normalized spacial score (nSPS) is 20.7. The summed E-state index contributed by atoms with van der Waals surface area (Å²) in [6.07, 6.45) is 5.53. The minimum Gasteiger partial charge on any atom is -0.334 e. The van der Waals surface area contributed by atoms with E-state index in [1.54, 1.807) is 29.2 Å². The second-order valence-corrected chi connectivity index (χ2v) is 8.69. The van der Waals surface area contributed by atoms with E-state index in [1.807, 2.05) is 47.1 Å². The Hall–Kier alpha value is -3.48. The number of carbonyl (C=O) groups excluding carboxylic acids is 2. The molecule has 1 saturated carbocycles. The molecule has 1 saturated heterocycles. The monoisotopic (exact) mass is 413 g/mol. The van der Waals surface area contributed by atoms with Crippen LogP contribution in [0.15, 0.2) is 54.9 Å². The summed E-state index contributed by atoms with van der Waals surface area (Å²) in [6, 6.07) is 13.4. The minimum atomic E-state index is -0.00239. The molecule has 4 heterocycles. The van der Waals surface area contributed by atoms with E-state index in [0.717, 1.165) is 29.8 Å². The van der Waals surface area contributed by atoms with Crippen LogP contribution < -0.4 is 0 Å². The lowest BCUT2D eigenvalue weighted by Crippen LogP contribution is -2.62. The largest absolute Gasteiger partial charge is 0.334 e. The molecular formula is C24H23N5O2. The third-order valence-electron chi connectivity index (χ3n) is 6.68. The van der Waals surface area contributed by atoms with Crippen molar-refractivity contribution in [3.8, 4) is 5.69 Å². The van der Waals surface area contributed by atoms with Crippen LogP contribution in [0.25, 0.3) is 5.69 Å². The van der Waals surface area contributed by atoms with Gasteiger partial charge in [0, 0.05) is 36.6 Å². The van der Waals surface area contributed by atoms with Crippen molar-refractivity contribution in [2.75, 3.05) is 13.1 Å². The fourth-order valence-electron chi connectivity index (χ4n) is 4.98. The zero-order chi connectivity index (χ0) is 21.1. The summed E-state index contributed by atoms with van der Waals surface area (Å²) in [7, 11) is 0. The van der Waals surface area contributed by atoms with Gasteiger partial charge in [0.2, 0.25) is 0 Å². The summed E-state index contributed by atoms with van der Waals surface area (Å²) in [6.45, 7) is 3.14. The van der Waals surface area contributed by atoms with Crippen molar-refractivity contribution in [3.63, 3.8) is 0 Å². The van der Waals surface area contributed by atoms with Gasteiger partial charge in [-0.3, -0.25) is 14.6 Å². The molecule has 0 N–H and O–H groups in total. The van der Waals surface area contributed by atoms with Crippen LogP contribution in [0.2, 0.25) is 0 Å². The van der Waals surface area contributed by atoms with Gasteiger partial charge < -0.3 is 9.80 Å². The zero-order valence-corrected chi connectivity index (χ0v) is 17.3. The van der Waals surface area contributed by atoms with Crippen molar-refractivity contribution in [2.24, 2.45) is 5.92 Å². The number of fused-ring (bicyclic) bond motifs is 1. The average molecular weight is 413 g/mol. The van der Waals surface area contributed by atoms with Gasteiger partial charge in [-0.1, -0.05) is 18.2 Å². The molecule has 1 atom stereocenters. The Morgan fingerprint density at radius 3 is 2.42 bits per heavy atom. The third kappa shape index (κ3) is 2.80. The second kappa shape index (κ2) is 6.77. The smallest absolute Gasteiger partial charge is 0.273 e. The van der Waals surface area contributed by atoms with Gasteiger partial charge in [0.1, 0.15) is 5.69 Å². The molecule has 3 aromatic rings. The number of aromatic nitrogens is 3. The molecule has 1 unspecified atom stereocenters. The van der Waals surface area contributed by atoms with E-state index in [0.29, 0.717) is 30.3 Å². The number of hydrogen-bond donors (Lipinski definition) is 0. The molecule has 0 spiro atoms. The molecule has 2 aromatic heterocycles. The second-order valence-electron chi connectivity index (χ2n) is 8.69. The van der Waals surface area contributed by atoms with Crippen molar-refractivity contribution in [2.45, 2.75) is 31.8 Å². The Morgan fingerprint density at radius 1 is 1.03 bits per heavy atom. The summed E-state index contributed by atoms with van der Waals surface area (Å²) in [5.74, 6) is 0.525. The average Bonchev–Trinajstić information content (AvgIpc) is 3.49.